The Kier molecular flexibility index (Phi) is 5.01. The van der Waals surface area contributed by atoms with Gasteiger partial charge in [-0.3, -0.25) is 0 Å². The number of nitrogens with one attached hydrogen (secondary N) is 1. The van der Waals surface area contributed by atoms with E-state index in [1.54, 1.807) is 0 Å². The third-order valence-electron chi connectivity index (χ3n) is 3.59. The van der Waals surface area contributed by atoms with Crippen molar-refractivity contribution < 1.29 is 0 Å². The van der Waals surface area contributed by atoms with Gasteiger partial charge in [-0.15, -0.1) is 0 Å². The van der Waals surface area contributed by atoms with Crippen molar-refractivity contribution in [2.24, 2.45) is 5.92 Å². The van der Waals surface area contributed by atoms with Crippen molar-refractivity contribution in [1.82, 2.24) is 10.3 Å². The molecule has 1 aromatic heterocycles. The van der Waals surface area contributed by atoms with Crippen LogP contribution in [0.15, 0.2) is 16.7 Å². The average Bonchev–Trinajstić information content (AvgIpc) is 2.55. The minimum absolute atomic E-state index is 0.846. The van der Waals surface area contributed by atoms with Gasteiger partial charge in [-0.25, -0.2) is 4.98 Å². The van der Waals surface area contributed by atoms with E-state index in [9.17, 15) is 0 Å². The molecule has 100 valence electrons. The molecular formula is C14H22BrN3. The molecule has 2 rings (SSSR count). The van der Waals surface area contributed by atoms with Gasteiger partial charge in [0, 0.05) is 35.9 Å². The van der Waals surface area contributed by atoms with Crippen molar-refractivity contribution in [2.75, 3.05) is 25.0 Å². The number of nitrogens with zero attached hydrogens (tertiary/aromatic N) is 2. The quantitative estimate of drug-likeness (QED) is 0.929. The summed E-state index contributed by atoms with van der Waals surface area (Å²) in [6.45, 7) is 5.49. The van der Waals surface area contributed by atoms with Gasteiger partial charge in [0.2, 0.25) is 0 Å². The first kappa shape index (κ1) is 13.8. The van der Waals surface area contributed by atoms with Crippen LogP contribution < -0.4 is 10.2 Å². The smallest absolute Gasteiger partial charge is 0.133 e. The Morgan fingerprint density at radius 2 is 2.28 bits per heavy atom. The Balaban J connectivity index is 2.20. The number of hydrogen-bond acceptors (Lipinski definition) is 3. The summed E-state index contributed by atoms with van der Waals surface area (Å²) in [6.07, 6.45) is 5.80. The molecule has 0 amide bonds. The topological polar surface area (TPSA) is 28.2 Å². The molecule has 0 radical (unpaired) electrons. The van der Waals surface area contributed by atoms with Crippen LogP contribution in [-0.2, 0) is 6.54 Å². The second kappa shape index (κ2) is 6.53. The number of aromatic nitrogens is 1. The molecule has 1 aromatic rings. The van der Waals surface area contributed by atoms with Crippen LogP contribution in [0.1, 0.15) is 31.7 Å². The van der Waals surface area contributed by atoms with Crippen molar-refractivity contribution >= 4 is 21.7 Å². The van der Waals surface area contributed by atoms with Crippen LogP contribution in [0.2, 0.25) is 0 Å². The zero-order valence-electron chi connectivity index (χ0n) is 11.2. The molecular weight excluding hydrogens is 290 g/mol. The van der Waals surface area contributed by atoms with Gasteiger partial charge < -0.3 is 10.2 Å². The van der Waals surface area contributed by atoms with Crippen LogP contribution in [-0.4, -0.2) is 25.1 Å². The molecule has 0 spiro atoms. The third-order valence-corrected chi connectivity index (χ3v) is 4.03. The SMILES string of the molecule is CNCc1cc(Br)cnc1N1CCCC(C)CC1. The molecule has 0 aliphatic carbocycles. The second-order valence-electron chi connectivity index (χ2n) is 5.19. The lowest BCUT2D eigenvalue weighted by Crippen LogP contribution is -2.27. The summed E-state index contributed by atoms with van der Waals surface area (Å²) in [6, 6.07) is 2.17. The minimum atomic E-state index is 0.846. The summed E-state index contributed by atoms with van der Waals surface area (Å²) < 4.78 is 1.06. The molecule has 0 saturated carbocycles. The Hall–Kier alpha value is -0.610. The molecule has 1 fully saturated rings. The van der Waals surface area contributed by atoms with Crippen LogP contribution in [0, 0.1) is 5.92 Å². The van der Waals surface area contributed by atoms with Crippen molar-refractivity contribution in [3.05, 3.63) is 22.3 Å². The summed E-state index contributed by atoms with van der Waals surface area (Å²) in [5.74, 6) is 2.00. The summed E-state index contributed by atoms with van der Waals surface area (Å²) >= 11 is 3.51. The molecule has 1 aliphatic heterocycles. The van der Waals surface area contributed by atoms with Gasteiger partial charge in [-0.1, -0.05) is 6.92 Å². The van der Waals surface area contributed by atoms with E-state index in [2.05, 4.69) is 44.1 Å². The van der Waals surface area contributed by atoms with E-state index in [1.165, 1.54) is 24.8 Å². The molecule has 1 aliphatic rings. The van der Waals surface area contributed by atoms with Crippen LogP contribution in [0.4, 0.5) is 5.82 Å². The van der Waals surface area contributed by atoms with Crippen LogP contribution in [0.5, 0.6) is 0 Å². The number of pyridine rings is 1. The van der Waals surface area contributed by atoms with Crippen molar-refractivity contribution in [3.8, 4) is 0 Å². The Morgan fingerprint density at radius 1 is 1.44 bits per heavy atom. The van der Waals surface area contributed by atoms with E-state index in [0.29, 0.717) is 0 Å². The first-order valence-corrected chi connectivity index (χ1v) is 7.54. The third kappa shape index (κ3) is 3.45. The molecule has 1 saturated heterocycles. The van der Waals surface area contributed by atoms with Gasteiger partial charge in [0.25, 0.3) is 0 Å². The number of hydrogen-bond donors (Lipinski definition) is 1. The van der Waals surface area contributed by atoms with E-state index in [0.717, 1.165) is 35.8 Å². The number of halogens is 1. The molecule has 1 atom stereocenters. The Bertz CT molecular complexity index is 395. The summed E-state index contributed by atoms with van der Waals surface area (Å²) in [5, 5.41) is 3.23. The Labute approximate surface area is 118 Å². The van der Waals surface area contributed by atoms with Gasteiger partial charge in [0.1, 0.15) is 5.82 Å². The van der Waals surface area contributed by atoms with Gasteiger partial charge in [0.05, 0.1) is 0 Å². The van der Waals surface area contributed by atoms with E-state index in [4.69, 9.17) is 0 Å². The molecule has 0 aromatic carbocycles. The first-order valence-electron chi connectivity index (χ1n) is 6.74. The van der Waals surface area contributed by atoms with Gasteiger partial charge in [-0.2, -0.15) is 0 Å². The molecule has 0 bridgehead atoms. The molecule has 18 heavy (non-hydrogen) atoms. The maximum atomic E-state index is 4.63. The van der Waals surface area contributed by atoms with Crippen LogP contribution in [0.3, 0.4) is 0 Å². The van der Waals surface area contributed by atoms with E-state index in [-0.39, 0.29) is 0 Å². The molecule has 3 nitrogen and oxygen atoms in total. The fourth-order valence-corrected chi connectivity index (χ4v) is 2.93. The highest BCUT2D eigenvalue weighted by atomic mass is 79.9. The second-order valence-corrected chi connectivity index (χ2v) is 6.11. The molecule has 4 heteroatoms. The summed E-state index contributed by atoms with van der Waals surface area (Å²) in [5.41, 5.74) is 1.28. The number of rotatable bonds is 3. The fraction of sp³-hybridized carbons (Fsp3) is 0.643. The lowest BCUT2D eigenvalue weighted by atomic mass is 10.0. The van der Waals surface area contributed by atoms with E-state index >= 15 is 0 Å². The lowest BCUT2D eigenvalue weighted by Gasteiger charge is -2.24. The van der Waals surface area contributed by atoms with Crippen molar-refractivity contribution in [1.29, 1.82) is 0 Å². The number of anilines is 1. The lowest BCUT2D eigenvalue weighted by molar-refractivity contribution is 0.521. The standard InChI is InChI=1S/C14H22BrN3/c1-11-4-3-6-18(7-5-11)14-12(9-16-2)8-13(15)10-17-14/h8,10-11,16H,3-7,9H2,1-2H3. The average molecular weight is 312 g/mol. The molecule has 1 N–H and O–H groups in total. The zero-order chi connectivity index (χ0) is 13.0. The highest BCUT2D eigenvalue weighted by Crippen LogP contribution is 2.25. The monoisotopic (exact) mass is 311 g/mol. The van der Waals surface area contributed by atoms with Crippen LogP contribution >= 0.6 is 15.9 Å². The van der Waals surface area contributed by atoms with Gasteiger partial charge in [-0.05, 0) is 54.2 Å². The normalized spacial score (nSPS) is 20.8. The minimum Gasteiger partial charge on any atom is -0.356 e. The van der Waals surface area contributed by atoms with Gasteiger partial charge >= 0.3 is 0 Å². The van der Waals surface area contributed by atoms with E-state index < -0.39 is 0 Å². The fourth-order valence-electron chi connectivity index (χ4n) is 2.55. The Morgan fingerprint density at radius 3 is 3.06 bits per heavy atom. The van der Waals surface area contributed by atoms with Gasteiger partial charge in [0.15, 0.2) is 0 Å². The van der Waals surface area contributed by atoms with E-state index in [1.807, 2.05) is 13.2 Å². The first-order chi connectivity index (χ1) is 8.70. The van der Waals surface area contributed by atoms with Crippen LogP contribution in [0.25, 0.3) is 0 Å². The maximum absolute atomic E-state index is 4.63. The summed E-state index contributed by atoms with van der Waals surface area (Å²) in [7, 11) is 1.98. The summed E-state index contributed by atoms with van der Waals surface area (Å²) in [4.78, 5) is 7.07. The predicted molar refractivity (Wildman–Crippen MR) is 79.9 cm³/mol. The highest BCUT2D eigenvalue weighted by Gasteiger charge is 2.17. The van der Waals surface area contributed by atoms with Crippen molar-refractivity contribution in [3.63, 3.8) is 0 Å². The predicted octanol–water partition coefficient (Wildman–Crippen LogP) is 3.19. The highest BCUT2D eigenvalue weighted by molar-refractivity contribution is 9.10. The van der Waals surface area contributed by atoms with Crippen molar-refractivity contribution in [2.45, 2.75) is 32.7 Å². The molecule has 2 heterocycles. The molecule has 1 unspecified atom stereocenters. The zero-order valence-corrected chi connectivity index (χ0v) is 12.8. The largest absolute Gasteiger partial charge is 0.356 e. The maximum Gasteiger partial charge on any atom is 0.133 e.